The summed E-state index contributed by atoms with van der Waals surface area (Å²) in [6.45, 7) is 0.0987. The third-order valence-corrected chi connectivity index (χ3v) is 4.82. The van der Waals surface area contributed by atoms with Crippen molar-refractivity contribution in [3.8, 4) is 11.5 Å². The first-order valence-corrected chi connectivity index (χ1v) is 9.68. The fourth-order valence-electron chi connectivity index (χ4n) is 3.23. The number of aryl methyl sites for hydroxylation is 1. The molecule has 0 fully saturated rings. The summed E-state index contributed by atoms with van der Waals surface area (Å²) < 4.78 is 7.52. The highest BCUT2D eigenvalue weighted by Crippen LogP contribution is 2.23. The number of ketones is 1. The second kappa shape index (κ2) is 8.66. The van der Waals surface area contributed by atoms with E-state index >= 15 is 0 Å². The van der Waals surface area contributed by atoms with E-state index in [4.69, 9.17) is 4.74 Å². The van der Waals surface area contributed by atoms with Gasteiger partial charge in [0.25, 0.3) is 5.69 Å². The number of benzene rings is 3. The molecule has 4 aromatic rings. The van der Waals surface area contributed by atoms with Gasteiger partial charge in [-0.1, -0.05) is 30.3 Å². The number of imidazole rings is 1. The Hall–Kier alpha value is -4.20. The molecule has 4 rings (SSSR count). The SMILES string of the molecule is Cn1c(NCC(=O)Cc2ccc(Oc3ccccc3)cc2)nc2cc([N+](=O)[O-])ccc21. The predicted octanol–water partition coefficient (Wildman–Crippen LogP) is 4.50. The number of rotatable bonds is 8. The molecule has 31 heavy (non-hydrogen) atoms. The fraction of sp³-hybridized carbons (Fsp3) is 0.130. The van der Waals surface area contributed by atoms with Crippen molar-refractivity contribution in [2.45, 2.75) is 6.42 Å². The highest BCUT2D eigenvalue weighted by atomic mass is 16.6. The number of hydrogen-bond acceptors (Lipinski definition) is 6. The largest absolute Gasteiger partial charge is 0.457 e. The summed E-state index contributed by atoms with van der Waals surface area (Å²) in [6, 6.07) is 21.4. The highest BCUT2D eigenvalue weighted by molar-refractivity contribution is 5.86. The van der Waals surface area contributed by atoms with Gasteiger partial charge in [-0.05, 0) is 35.9 Å². The third-order valence-electron chi connectivity index (χ3n) is 4.82. The molecular weight excluding hydrogens is 396 g/mol. The van der Waals surface area contributed by atoms with Crippen LogP contribution in [0.1, 0.15) is 5.56 Å². The lowest BCUT2D eigenvalue weighted by molar-refractivity contribution is -0.384. The first kappa shape index (κ1) is 20.1. The molecule has 3 aromatic carbocycles. The Morgan fingerprint density at radius 2 is 1.77 bits per heavy atom. The van der Waals surface area contributed by atoms with Crippen molar-refractivity contribution in [3.63, 3.8) is 0 Å². The van der Waals surface area contributed by atoms with Crippen LogP contribution in [0.5, 0.6) is 11.5 Å². The summed E-state index contributed by atoms with van der Waals surface area (Å²) in [5, 5.41) is 14.0. The number of non-ortho nitro benzene ring substituents is 1. The van der Waals surface area contributed by atoms with Gasteiger partial charge in [-0.15, -0.1) is 0 Å². The molecule has 1 heterocycles. The van der Waals surface area contributed by atoms with E-state index in [0.29, 0.717) is 17.2 Å². The number of fused-ring (bicyclic) bond motifs is 1. The smallest absolute Gasteiger partial charge is 0.271 e. The van der Waals surface area contributed by atoms with E-state index in [1.165, 1.54) is 12.1 Å². The van der Waals surface area contributed by atoms with Gasteiger partial charge >= 0.3 is 0 Å². The number of nitro groups is 1. The zero-order chi connectivity index (χ0) is 21.8. The van der Waals surface area contributed by atoms with Gasteiger partial charge in [0.1, 0.15) is 11.5 Å². The third kappa shape index (κ3) is 4.69. The van der Waals surface area contributed by atoms with E-state index in [0.717, 1.165) is 16.8 Å². The minimum absolute atomic E-state index is 0.00485. The van der Waals surface area contributed by atoms with Gasteiger partial charge in [-0.3, -0.25) is 14.9 Å². The predicted molar refractivity (Wildman–Crippen MR) is 118 cm³/mol. The highest BCUT2D eigenvalue weighted by Gasteiger charge is 2.13. The van der Waals surface area contributed by atoms with Crippen molar-refractivity contribution in [1.82, 2.24) is 9.55 Å². The van der Waals surface area contributed by atoms with Crippen molar-refractivity contribution in [2.24, 2.45) is 7.05 Å². The molecule has 0 aliphatic heterocycles. The zero-order valence-electron chi connectivity index (χ0n) is 16.8. The minimum Gasteiger partial charge on any atom is -0.457 e. The molecule has 0 spiro atoms. The van der Waals surface area contributed by atoms with Gasteiger partial charge in [-0.2, -0.15) is 0 Å². The van der Waals surface area contributed by atoms with E-state index < -0.39 is 4.92 Å². The van der Waals surface area contributed by atoms with Gasteiger partial charge in [0.15, 0.2) is 5.78 Å². The van der Waals surface area contributed by atoms with Gasteiger partial charge in [0.05, 0.1) is 22.5 Å². The Bertz CT molecular complexity index is 1230. The van der Waals surface area contributed by atoms with Crippen LogP contribution in [0, 0.1) is 10.1 Å². The molecule has 1 aromatic heterocycles. The van der Waals surface area contributed by atoms with Crippen LogP contribution in [0.2, 0.25) is 0 Å². The molecule has 0 aliphatic carbocycles. The lowest BCUT2D eigenvalue weighted by Gasteiger charge is -2.08. The number of carbonyl (C=O) groups is 1. The van der Waals surface area contributed by atoms with Crippen LogP contribution < -0.4 is 10.1 Å². The zero-order valence-corrected chi connectivity index (χ0v) is 16.8. The summed E-state index contributed by atoms with van der Waals surface area (Å²) in [5.41, 5.74) is 2.11. The van der Waals surface area contributed by atoms with Gasteiger partial charge < -0.3 is 14.6 Å². The Morgan fingerprint density at radius 1 is 1.06 bits per heavy atom. The average Bonchev–Trinajstić information content (AvgIpc) is 3.09. The Labute approximate surface area is 178 Å². The number of hydrogen-bond donors (Lipinski definition) is 1. The van der Waals surface area contributed by atoms with E-state index in [1.807, 2.05) is 54.6 Å². The first-order chi connectivity index (χ1) is 15.0. The lowest BCUT2D eigenvalue weighted by Crippen LogP contribution is -2.17. The number of anilines is 1. The molecule has 0 saturated heterocycles. The molecule has 0 unspecified atom stereocenters. The number of carbonyl (C=O) groups excluding carboxylic acids is 1. The standard InChI is InChI=1S/C23H20N4O4/c1-26-22-12-9-17(27(29)30)14-21(22)25-23(26)24-15-18(28)13-16-7-10-20(11-8-16)31-19-5-3-2-4-6-19/h2-12,14H,13,15H2,1H3,(H,24,25). The molecule has 0 amide bonds. The van der Waals surface area contributed by atoms with E-state index in [-0.39, 0.29) is 24.4 Å². The Kier molecular flexibility index (Phi) is 5.61. The van der Waals surface area contributed by atoms with Crippen molar-refractivity contribution in [1.29, 1.82) is 0 Å². The van der Waals surface area contributed by atoms with Crippen LogP contribution in [0.25, 0.3) is 11.0 Å². The second-order valence-corrected chi connectivity index (χ2v) is 7.05. The minimum atomic E-state index is -0.457. The summed E-state index contributed by atoms with van der Waals surface area (Å²) in [6.07, 6.45) is 0.272. The number of Topliss-reactive ketones (excluding diaryl/α,β-unsaturated/α-hetero) is 1. The summed E-state index contributed by atoms with van der Waals surface area (Å²) in [4.78, 5) is 27.3. The number of nitro benzene ring substituents is 1. The van der Waals surface area contributed by atoms with Gasteiger partial charge in [-0.25, -0.2) is 4.98 Å². The van der Waals surface area contributed by atoms with Crippen molar-refractivity contribution in [2.75, 3.05) is 11.9 Å². The molecule has 0 atom stereocenters. The number of nitrogens with zero attached hydrogens (tertiary/aromatic N) is 3. The molecular formula is C23H20N4O4. The van der Waals surface area contributed by atoms with Crippen LogP contribution in [-0.2, 0) is 18.3 Å². The fourth-order valence-corrected chi connectivity index (χ4v) is 3.23. The summed E-state index contributed by atoms with van der Waals surface area (Å²) >= 11 is 0. The van der Waals surface area contributed by atoms with E-state index in [2.05, 4.69) is 10.3 Å². The molecule has 8 heteroatoms. The van der Waals surface area contributed by atoms with Crippen LogP contribution >= 0.6 is 0 Å². The maximum atomic E-state index is 12.4. The van der Waals surface area contributed by atoms with Crippen LogP contribution in [-0.4, -0.2) is 26.8 Å². The van der Waals surface area contributed by atoms with Gasteiger partial charge in [0, 0.05) is 25.6 Å². The molecule has 1 N–H and O–H groups in total. The molecule has 0 radical (unpaired) electrons. The van der Waals surface area contributed by atoms with Gasteiger partial charge in [0.2, 0.25) is 5.95 Å². The molecule has 0 bridgehead atoms. The van der Waals surface area contributed by atoms with Crippen LogP contribution in [0.15, 0.2) is 72.8 Å². The molecule has 156 valence electrons. The molecule has 0 saturated carbocycles. The summed E-state index contributed by atoms with van der Waals surface area (Å²) in [5.74, 6) is 1.93. The maximum Gasteiger partial charge on any atom is 0.271 e. The Morgan fingerprint density at radius 3 is 2.48 bits per heavy atom. The lowest BCUT2D eigenvalue weighted by atomic mass is 10.1. The van der Waals surface area contributed by atoms with E-state index in [9.17, 15) is 14.9 Å². The molecule has 8 nitrogen and oxygen atoms in total. The van der Waals surface area contributed by atoms with Crippen molar-refractivity contribution >= 4 is 28.5 Å². The quantitative estimate of drug-likeness (QED) is 0.335. The normalized spacial score (nSPS) is 10.7. The average molecular weight is 416 g/mol. The maximum absolute atomic E-state index is 12.4. The van der Waals surface area contributed by atoms with Crippen molar-refractivity contribution < 1.29 is 14.5 Å². The van der Waals surface area contributed by atoms with Crippen LogP contribution in [0.3, 0.4) is 0 Å². The number of ether oxygens (including phenoxy) is 1. The number of nitrogens with one attached hydrogen (secondary N) is 1. The number of aromatic nitrogens is 2. The number of para-hydroxylation sites is 1. The van der Waals surface area contributed by atoms with Crippen molar-refractivity contribution in [3.05, 3.63) is 88.5 Å². The van der Waals surface area contributed by atoms with Crippen LogP contribution in [0.4, 0.5) is 11.6 Å². The topological polar surface area (TPSA) is 99.3 Å². The first-order valence-electron chi connectivity index (χ1n) is 9.68. The summed E-state index contributed by atoms with van der Waals surface area (Å²) in [7, 11) is 1.79. The second-order valence-electron chi connectivity index (χ2n) is 7.05. The van der Waals surface area contributed by atoms with E-state index in [1.54, 1.807) is 17.7 Å². The monoisotopic (exact) mass is 416 g/mol. The Balaban J connectivity index is 1.36. The molecule has 0 aliphatic rings.